The Hall–Kier alpha value is -1.40. The normalized spacial score (nSPS) is 20.4. The van der Waals surface area contributed by atoms with E-state index in [1.54, 1.807) is 0 Å². The van der Waals surface area contributed by atoms with Crippen molar-refractivity contribution < 1.29 is 18.3 Å². The van der Waals surface area contributed by atoms with Crippen molar-refractivity contribution in [3.63, 3.8) is 0 Å². The molecule has 1 aromatic carbocycles. The Morgan fingerprint density at radius 1 is 1.20 bits per heavy atom. The van der Waals surface area contributed by atoms with Crippen LogP contribution >= 0.6 is 0 Å². The Morgan fingerprint density at radius 3 is 2.35 bits per heavy atom. The summed E-state index contributed by atoms with van der Waals surface area (Å²) in [5.41, 5.74) is 1.05. The number of rotatable bonds is 5. The predicted octanol–water partition coefficient (Wildman–Crippen LogP) is 1.32. The Morgan fingerprint density at radius 2 is 1.80 bits per heavy atom. The molecule has 0 spiro atoms. The number of hydrogen-bond donors (Lipinski definition) is 1. The molecule has 5 nitrogen and oxygen atoms in total. The fourth-order valence-electron chi connectivity index (χ4n) is 2.53. The van der Waals surface area contributed by atoms with Crippen LogP contribution in [0.5, 0.6) is 0 Å². The summed E-state index contributed by atoms with van der Waals surface area (Å²) in [6.07, 6.45) is 0.586. The summed E-state index contributed by atoms with van der Waals surface area (Å²) in [4.78, 5) is 12.9. The second-order valence-corrected chi connectivity index (χ2v) is 7.35. The van der Waals surface area contributed by atoms with Crippen molar-refractivity contribution in [3.8, 4) is 0 Å². The van der Waals surface area contributed by atoms with Gasteiger partial charge in [0.25, 0.3) is 0 Å². The molecule has 1 N–H and O–H groups in total. The highest BCUT2D eigenvalue weighted by atomic mass is 32.2. The molecule has 1 fully saturated rings. The average molecular weight is 297 g/mol. The van der Waals surface area contributed by atoms with E-state index in [-0.39, 0.29) is 24.0 Å². The van der Waals surface area contributed by atoms with Gasteiger partial charge in [-0.3, -0.25) is 9.69 Å². The third kappa shape index (κ3) is 4.05. The zero-order valence-corrected chi connectivity index (χ0v) is 12.1. The molecule has 0 aliphatic carbocycles. The second-order valence-electron chi connectivity index (χ2n) is 5.05. The van der Waals surface area contributed by atoms with E-state index in [0.717, 1.165) is 5.56 Å². The molecule has 110 valence electrons. The topological polar surface area (TPSA) is 74.7 Å². The SMILES string of the molecule is O=C(O)CCC(c1ccccc1)N1CCS(=O)(=O)CC1. The summed E-state index contributed by atoms with van der Waals surface area (Å²) in [7, 11) is -2.92. The number of carboxylic acid groups (broad SMARTS) is 1. The van der Waals surface area contributed by atoms with Crippen LogP contribution in [0.3, 0.4) is 0 Å². The third-order valence-electron chi connectivity index (χ3n) is 3.64. The summed E-state index contributed by atoms with van der Waals surface area (Å²) >= 11 is 0. The second kappa shape index (κ2) is 6.37. The van der Waals surface area contributed by atoms with Crippen LogP contribution in [0.2, 0.25) is 0 Å². The Labute approximate surface area is 119 Å². The van der Waals surface area contributed by atoms with Gasteiger partial charge in [0.2, 0.25) is 0 Å². The maximum absolute atomic E-state index is 11.5. The minimum Gasteiger partial charge on any atom is -0.481 e. The van der Waals surface area contributed by atoms with Gasteiger partial charge in [0, 0.05) is 25.6 Å². The van der Waals surface area contributed by atoms with Crippen molar-refractivity contribution in [2.45, 2.75) is 18.9 Å². The van der Waals surface area contributed by atoms with Crippen molar-refractivity contribution in [2.24, 2.45) is 0 Å². The minimum atomic E-state index is -2.92. The zero-order valence-electron chi connectivity index (χ0n) is 11.2. The highest BCUT2D eigenvalue weighted by Crippen LogP contribution is 2.27. The first-order valence-corrected chi connectivity index (χ1v) is 8.51. The monoisotopic (exact) mass is 297 g/mol. The lowest BCUT2D eigenvalue weighted by atomic mass is 10.00. The van der Waals surface area contributed by atoms with Crippen molar-refractivity contribution in [1.29, 1.82) is 0 Å². The van der Waals surface area contributed by atoms with Gasteiger partial charge in [0.1, 0.15) is 0 Å². The van der Waals surface area contributed by atoms with Gasteiger partial charge in [-0.1, -0.05) is 30.3 Å². The molecule has 0 radical (unpaired) electrons. The van der Waals surface area contributed by atoms with E-state index < -0.39 is 15.8 Å². The first kappa shape index (κ1) is 15.0. The van der Waals surface area contributed by atoms with Gasteiger partial charge in [-0.15, -0.1) is 0 Å². The first-order valence-electron chi connectivity index (χ1n) is 6.69. The smallest absolute Gasteiger partial charge is 0.303 e. The van der Waals surface area contributed by atoms with Crippen LogP contribution < -0.4 is 0 Å². The van der Waals surface area contributed by atoms with E-state index in [1.165, 1.54) is 0 Å². The minimum absolute atomic E-state index is 0.0252. The molecule has 1 saturated heterocycles. The highest BCUT2D eigenvalue weighted by Gasteiger charge is 2.28. The van der Waals surface area contributed by atoms with Crippen LogP contribution in [0.25, 0.3) is 0 Å². The number of carboxylic acids is 1. The molecule has 1 aliphatic heterocycles. The van der Waals surface area contributed by atoms with Crippen LogP contribution in [0.4, 0.5) is 0 Å². The van der Waals surface area contributed by atoms with E-state index in [1.807, 2.05) is 30.3 Å². The molecule has 1 aliphatic rings. The van der Waals surface area contributed by atoms with Gasteiger partial charge in [-0.2, -0.15) is 0 Å². The summed E-state index contributed by atoms with van der Waals surface area (Å²) in [5.74, 6) is -0.511. The Kier molecular flexibility index (Phi) is 4.77. The number of hydrogen-bond acceptors (Lipinski definition) is 4. The number of aliphatic carboxylic acids is 1. The molecule has 0 aromatic heterocycles. The number of sulfone groups is 1. The molecule has 1 heterocycles. The molecular formula is C14H19NO4S. The first-order chi connectivity index (χ1) is 9.48. The van der Waals surface area contributed by atoms with E-state index in [0.29, 0.717) is 19.5 Å². The van der Waals surface area contributed by atoms with Crippen LogP contribution in [0, 0.1) is 0 Å². The lowest BCUT2D eigenvalue weighted by Gasteiger charge is -2.34. The molecular weight excluding hydrogens is 278 g/mol. The highest BCUT2D eigenvalue weighted by molar-refractivity contribution is 7.91. The zero-order chi connectivity index (χ0) is 14.6. The van der Waals surface area contributed by atoms with E-state index in [9.17, 15) is 13.2 Å². The van der Waals surface area contributed by atoms with Crippen LogP contribution in [-0.2, 0) is 14.6 Å². The van der Waals surface area contributed by atoms with Crippen molar-refractivity contribution >= 4 is 15.8 Å². The van der Waals surface area contributed by atoms with E-state index >= 15 is 0 Å². The molecule has 6 heteroatoms. The fourth-order valence-corrected chi connectivity index (χ4v) is 3.76. The van der Waals surface area contributed by atoms with E-state index in [2.05, 4.69) is 4.90 Å². The molecule has 20 heavy (non-hydrogen) atoms. The quantitative estimate of drug-likeness (QED) is 0.887. The fraction of sp³-hybridized carbons (Fsp3) is 0.500. The molecule has 1 atom stereocenters. The Balaban J connectivity index is 2.12. The maximum Gasteiger partial charge on any atom is 0.303 e. The number of carbonyl (C=O) groups is 1. The van der Waals surface area contributed by atoms with Crippen LogP contribution in [0.1, 0.15) is 24.4 Å². The van der Waals surface area contributed by atoms with Gasteiger partial charge < -0.3 is 5.11 Å². The van der Waals surface area contributed by atoms with Gasteiger partial charge in [0.05, 0.1) is 11.5 Å². The van der Waals surface area contributed by atoms with Gasteiger partial charge in [-0.25, -0.2) is 8.42 Å². The van der Waals surface area contributed by atoms with Crippen molar-refractivity contribution in [1.82, 2.24) is 4.90 Å². The van der Waals surface area contributed by atoms with Crippen LogP contribution in [0.15, 0.2) is 30.3 Å². The van der Waals surface area contributed by atoms with Gasteiger partial charge in [-0.05, 0) is 12.0 Å². The van der Waals surface area contributed by atoms with Crippen LogP contribution in [-0.4, -0.2) is 49.0 Å². The van der Waals surface area contributed by atoms with Crippen molar-refractivity contribution in [3.05, 3.63) is 35.9 Å². The molecule has 0 saturated carbocycles. The molecule has 0 amide bonds. The lowest BCUT2D eigenvalue weighted by Crippen LogP contribution is -2.42. The summed E-state index contributed by atoms with van der Waals surface area (Å²) in [6, 6.07) is 9.67. The predicted molar refractivity (Wildman–Crippen MR) is 76.3 cm³/mol. The summed E-state index contributed by atoms with van der Waals surface area (Å²) in [6.45, 7) is 0.947. The largest absolute Gasteiger partial charge is 0.481 e. The maximum atomic E-state index is 11.5. The van der Waals surface area contributed by atoms with E-state index in [4.69, 9.17) is 5.11 Å². The molecule has 2 rings (SSSR count). The molecule has 0 bridgehead atoms. The standard InChI is InChI=1S/C14H19NO4S/c16-14(17)7-6-13(12-4-2-1-3-5-12)15-8-10-20(18,19)11-9-15/h1-5,13H,6-11H2,(H,16,17). The lowest BCUT2D eigenvalue weighted by molar-refractivity contribution is -0.137. The summed E-state index contributed by atoms with van der Waals surface area (Å²) in [5, 5.41) is 8.88. The number of benzene rings is 1. The molecule has 1 aromatic rings. The van der Waals surface area contributed by atoms with Gasteiger partial charge >= 0.3 is 5.97 Å². The molecule has 1 unspecified atom stereocenters. The van der Waals surface area contributed by atoms with Gasteiger partial charge in [0.15, 0.2) is 9.84 Å². The summed E-state index contributed by atoms with van der Waals surface area (Å²) < 4.78 is 23.0. The Bertz CT molecular complexity index is 542. The van der Waals surface area contributed by atoms with Crippen molar-refractivity contribution in [2.75, 3.05) is 24.6 Å². The average Bonchev–Trinajstić information content (AvgIpc) is 2.41. The third-order valence-corrected chi connectivity index (χ3v) is 5.24. The number of nitrogens with zero attached hydrogens (tertiary/aromatic N) is 1.